The molecule has 0 spiro atoms. The Labute approximate surface area is 112 Å². The van der Waals surface area contributed by atoms with Crippen molar-refractivity contribution in [2.24, 2.45) is 0 Å². The normalized spacial score (nSPS) is 10.5. The number of nitrogens with one attached hydrogen (secondary N) is 1. The highest BCUT2D eigenvalue weighted by Crippen LogP contribution is 2.15. The van der Waals surface area contributed by atoms with E-state index in [9.17, 15) is 4.79 Å². The molecule has 0 aromatic carbocycles. The minimum atomic E-state index is -0.0539. The summed E-state index contributed by atoms with van der Waals surface area (Å²) in [5.41, 5.74) is 2.81. The van der Waals surface area contributed by atoms with Gasteiger partial charge >= 0.3 is 0 Å². The minimum absolute atomic E-state index is 0.0539. The standard InChI is InChI=1S/C14H17N3O2/c1-9-5-4-8-15-14(9)16-13(18)7-6-12-10(2)17-19-11(12)3/h4-5,8H,6-7H2,1-3H3,(H,15,16,18). The van der Waals surface area contributed by atoms with Crippen LogP contribution in [0.4, 0.5) is 5.82 Å². The molecule has 0 bridgehead atoms. The van der Waals surface area contributed by atoms with Crippen LogP contribution in [0.3, 0.4) is 0 Å². The molecule has 5 heteroatoms. The fourth-order valence-corrected chi connectivity index (χ4v) is 1.91. The molecule has 2 aromatic heterocycles. The molecule has 0 radical (unpaired) electrons. The van der Waals surface area contributed by atoms with Gasteiger partial charge in [0.05, 0.1) is 5.69 Å². The van der Waals surface area contributed by atoms with E-state index < -0.39 is 0 Å². The monoisotopic (exact) mass is 259 g/mol. The van der Waals surface area contributed by atoms with E-state index >= 15 is 0 Å². The van der Waals surface area contributed by atoms with E-state index in [2.05, 4.69) is 15.5 Å². The molecule has 1 N–H and O–H groups in total. The van der Waals surface area contributed by atoms with E-state index in [1.54, 1.807) is 6.20 Å². The summed E-state index contributed by atoms with van der Waals surface area (Å²) in [6.07, 6.45) is 2.68. The fourth-order valence-electron chi connectivity index (χ4n) is 1.91. The summed E-state index contributed by atoms with van der Waals surface area (Å²) >= 11 is 0. The van der Waals surface area contributed by atoms with Crippen molar-refractivity contribution in [1.29, 1.82) is 0 Å². The van der Waals surface area contributed by atoms with E-state index in [1.807, 2.05) is 32.9 Å². The third kappa shape index (κ3) is 3.19. The number of carbonyl (C=O) groups excluding carboxylic acids is 1. The van der Waals surface area contributed by atoms with Crippen LogP contribution in [0.15, 0.2) is 22.9 Å². The molecule has 0 aliphatic carbocycles. The molecule has 0 fully saturated rings. The van der Waals surface area contributed by atoms with Gasteiger partial charge in [-0.2, -0.15) is 0 Å². The van der Waals surface area contributed by atoms with Gasteiger partial charge in [0.1, 0.15) is 11.6 Å². The minimum Gasteiger partial charge on any atom is -0.361 e. The van der Waals surface area contributed by atoms with Gasteiger partial charge in [-0.3, -0.25) is 4.79 Å². The largest absolute Gasteiger partial charge is 0.361 e. The third-order valence-electron chi connectivity index (χ3n) is 3.05. The van der Waals surface area contributed by atoms with Gasteiger partial charge in [-0.1, -0.05) is 11.2 Å². The smallest absolute Gasteiger partial charge is 0.225 e. The van der Waals surface area contributed by atoms with Crippen molar-refractivity contribution < 1.29 is 9.32 Å². The Morgan fingerprint density at radius 1 is 1.37 bits per heavy atom. The molecule has 0 unspecified atom stereocenters. The van der Waals surface area contributed by atoms with Crippen molar-refractivity contribution in [3.63, 3.8) is 0 Å². The Morgan fingerprint density at radius 2 is 2.16 bits per heavy atom. The molecule has 0 saturated carbocycles. The van der Waals surface area contributed by atoms with Gasteiger partial charge in [-0.15, -0.1) is 0 Å². The maximum Gasteiger partial charge on any atom is 0.225 e. The topological polar surface area (TPSA) is 68.0 Å². The predicted octanol–water partition coefficient (Wildman–Crippen LogP) is 2.57. The van der Waals surface area contributed by atoms with Crippen LogP contribution >= 0.6 is 0 Å². The van der Waals surface area contributed by atoms with Crippen molar-refractivity contribution >= 4 is 11.7 Å². The Hall–Kier alpha value is -2.17. The summed E-state index contributed by atoms with van der Waals surface area (Å²) in [5, 5.41) is 6.68. The van der Waals surface area contributed by atoms with E-state index in [-0.39, 0.29) is 5.91 Å². The quantitative estimate of drug-likeness (QED) is 0.916. The number of carbonyl (C=O) groups is 1. The molecule has 2 heterocycles. The van der Waals surface area contributed by atoms with E-state index in [1.165, 1.54) is 0 Å². The van der Waals surface area contributed by atoms with Gasteiger partial charge < -0.3 is 9.84 Å². The van der Waals surface area contributed by atoms with Gasteiger partial charge in [0.15, 0.2) is 0 Å². The third-order valence-corrected chi connectivity index (χ3v) is 3.05. The maximum atomic E-state index is 11.9. The lowest BCUT2D eigenvalue weighted by atomic mass is 10.1. The number of nitrogens with zero attached hydrogens (tertiary/aromatic N) is 2. The van der Waals surface area contributed by atoms with Gasteiger partial charge in [0, 0.05) is 18.2 Å². The zero-order valence-corrected chi connectivity index (χ0v) is 11.4. The lowest BCUT2D eigenvalue weighted by Gasteiger charge is -2.06. The van der Waals surface area contributed by atoms with E-state index in [0.29, 0.717) is 18.7 Å². The molecule has 5 nitrogen and oxygen atoms in total. The fraction of sp³-hybridized carbons (Fsp3) is 0.357. The maximum absolute atomic E-state index is 11.9. The van der Waals surface area contributed by atoms with Crippen molar-refractivity contribution in [3.05, 3.63) is 40.9 Å². The lowest BCUT2D eigenvalue weighted by Crippen LogP contribution is -2.14. The van der Waals surface area contributed by atoms with Crippen molar-refractivity contribution in [3.8, 4) is 0 Å². The first kappa shape index (κ1) is 13.3. The van der Waals surface area contributed by atoms with Crippen molar-refractivity contribution in [2.45, 2.75) is 33.6 Å². The summed E-state index contributed by atoms with van der Waals surface area (Å²) < 4.78 is 5.07. The first-order valence-corrected chi connectivity index (χ1v) is 6.21. The van der Waals surface area contributed by atoms with Crippen LogP contribution in [0, 0.1) is 20.8 Å². The number of aryl methyl sites for hydroxylation is 3. The molecular formula is C14H17N3O2. The van der Waals surface area contributed by atoms with Gasteiger partial charge in [-0.25, -0.2) is 4.98 Å². The summed E-state index contributed by atoms with van der Waals surface area (Å²) in [6.45, 7) is 5.65. The second-order valence-electron chi connectivity index (χ2n) is 4.52. The first-order valence-electron chi connectivity index (χ1n) is 6.21. The second-order valence-corrected chi connectivity index (χ2v) is 4.52. The van der Waals surface area contributed by atoms with Crippen molar-refractivity contribution in [1.82, 2.24) is 10.1 Å². The van der Waals surface area contributed by atoms with E-state index in [0.717, 1.165) is 22.6 Å². The van der Waals surface area contributed by atoms with Crippen LogP contribution < -0.4 is 5.32 Å². The van der Waals surface area contributed by atoms with Crippen molar-refractivity contribution in [2.75, 3.05) is 5.32 Å². The molecule has 2 aromatic rings. The second kappa shape index (κ2) is 5.65. The average molecular weight is 259 g/mol. The van der Waals surface area contributed by atoms with Crippen LogP contribution in [-0.4, -0.2) is 16.0 Å². The Morgan fingerprint density at radius 3 is 2.79 bits per heavy atom. The van der Waals surface area contributed by atoms with Crippen LogP contribution in [0.2, 0.25) is 0 Å². The van der Waals surface area contributed by atoms with Gasteiger partial charge in [-0.05, 0) is 38.8 Å². The highest BCUT2D eigenvalue weighted by Gasteiger charge is 2.12. The molecule has 0 saturated heterocycles. The van der Waals surface area contributed by atoms with Crippen LogP contribution in [0.25, 0.3) is 0 Å². The average Bonchev–Trinajstić information content (AvgIpc) is 2.70. The summed E-state index contributed by atoms with van der Waals surface area (Å²) in [5.74, 6) is 1.34. The molecule has 0 aliphatic heterocycles. The van der Waals surface area contributed by atoms with Gasteiger partial charge in [0.2, 0.25) is 5.91 Å². The van der Waals surface area contributed by atoms with Crippen LogP contribution in [0.1, 0.15) is 29.0 Å². The molecule has 100 valence electrons. The number of amides is 1. The molecule has 2 rings (SSSR count). The lowest BCUT2D eigenvalue weighted by molar-refractivity contribution is -0.116. The number of anilines is 1. The first-order chi connectivity index (χ1) is 9.08. The molecule has 1 amide bonds. The number of hydrogen-bond acceptors (Lipinski definition) is 4. The Kier molecular flexibility index (Phi) is 3.94. The molecule has 0 aliphatic rings. The van der Waals surface area contributed by atoms with Crippen LogP contribution in [-0.2, 0) is 11.2 Å². The summed E-state index contributed by atoms with van der Waals surface area (Å²) in [7, 11) is 0. The molecule has 0 atom stereocenters. The Balaban J connectivity index is 1.94. The number of pyridine rings is 1. The summed E-state index contributed by atoms with van der Waals surface area (Å²) in [6, 6.07) is 3.76. The van der Waals surface area contributed by atoms with E-state index in [4.69, 9.17) is 4.52 Å². The number of rotatable bonds is 4. The SMILES string of the molecule is Cc1cccnc1NC(=O)CCc1c(C)noc1C. The zero-order valence-electron chi connectivity index (χ0n) is 11.4. The Bertz CT molecular complexity index is 571. The highest BCUT2D eigenvalue weighted by atomic mass is 16.5. The molecular weight excluding hydrogens is 242 g/mol. The van der Waals surface area contributed by atoms with Gasteiger partial charge in [0.25, 0.3) is 0 Å². The predicted molar refractivity (Wildman–Crippen MR) is 71.9 cm³/mol. The number of aromatic nitrogens is 2. The summed E-state index contributed by atoms with van der Waals surface area (Å²) in [4.78, 5) is 16.0. The highest BCUT2D eigenvalue weighted by molar-refractivity contribution is 5.90. The zero-order chi connectivity index (χ0) is 13.8. The molecule has 19 heavy (non-hydrogen) atoms. The van der Waals surface area contributed by atoms with Crippen LogP contribution in [0.5, 0.6) is 0 Å². The number of hydrogen-bond donors (Lipinski definition) is 1.